The van der Waals surface area contributed by atoms with Crippen LogP contribution < -0.4 is 22.1 Å². The number of carbonyl (C=O) groups excluding carboxylic acids is 3. The maximum atomic E-state index is 12.1. The van der Waals surface area contributed by atoms with Crippen molar-refractivity contribution < 1.29 is 19.1 Å². The number of nitrogens with one attached hydrogen (secondary N) is 2. The predicted molar refractivity (Wildman–Crippen MR) is 82.8 cm³/mol. The van der Waals surface area contributed by atoms with E-state index in [9.17, 15) is 14.4 Å². The zero-order valence-electron chi connectivity index (χ0n) is 13.7. The first-order chi connectivity index (χ1) is 10.1. The van der Waals surface area contributed by atoms with Crippen LogP contribution >= 0.6 is 0 Å². The van der Waals surface area contributed by atoms with Gasteiger partial charge in [-0.15, -0.1) is 0 Å². The summed E-state index contributed by atoms with van der Waals surface area (Å²) < 4.78 is 4.61. The van der Waals surface area contributed by atoms with E-state index in [1.54, 1.807) is 0 Å². The van der Waals surface area contributed by atoms with E-state index < -0.39 is 18.2 Å². The molecule has 0 aromatic rings. The van der Waals surface area contributed by atoms with Crippen molar-refractivity contribution in [2.75, 3.05) is 6.61 Å². The average Bonchev–Trinajstić information content (AvgIpc) is 2.39. The molecule has 8 heteroatoms. The van der Waals surface area contributed by atoms with Crippen LogP contribution in [0.15, 0.2) is 0 Å². The minimum atomic E-state index is -0.867. The molecule has 3 amide bonds. The Balaban J connectivity index is 4.61. The Morgan fingerprint density at radius 1 is 1.05 bits per heavy atom. The van der Waals surface area contributed by atoms with Gasteiger partial charge in [0, 0.05) is 6.04 Å². The monoisotopic (exact) mass is 316 g/mol. The Morgan fingerprint density at radius 3 is 2.09 bits per heavy atom. The lowest BCUT2D eigenvalue weighted by Gasteiger charge is -2.23. The molecule has 128 valence electrons. The van der Waals surface area contributed by atoms with Gasteiger partial charge in [-0.3, -0.25) is 9.59 Å². The van der Waals surface area contributed by atoms with Gasteiger partial charge in [0.15, 0.2) is 0 Å². The van der Waals surface area contributed by atoms with Crippen LogP contribution in [-0.2, 0) is 14.3 Å². The lowest BCUT2D eigenvalue weighted by molar-refractivity contribution is -0.130. The Bertz CT molecular complexity index is 385. The van der Waals surface area contributed by atoms with Gasteiger partial charge in [-0.25, -0.2) is 4.79 Å². The van der Waals surface area contributed by atoms with E-state index in [1.165, 1.54) is 0 Å². The molecule has 0 unspecified atom stereocenters. The van der Waals surface area contributed by atoms with Crippen molar-refractivity contribution in [2.45, 2.75) is 58.7 Å². The number of nitrogens with two attached hydrogens (primary N) is 2. The van der Waals surface area contributed by atoms with Gasteiger partial charge < -0.3 is 26.8 Å². The highest BCUT2D eigenvalue weighted by atomic mass is 16.5. The van der Waals surface area contributed by atoms with Crippen LogP contribution in [0.3, 0.4) is 0 Å². The molecular formula is C14H28N4O4. The van der Waals surface area contributed by atoms with Crippen molar-refractivity contribution in [1.82, 2.24) is 10.6 Å². The molecule has 0 aliphatic rings. The van der Waals surface area contributed by atoms with Gasteiger partial charge in [-0.05, 0) is 32.6 Å². The first kappa shape index (κ1) is 20.2. The van der Waals surface area contributed by atoms with E-state index in [4.69, 9.17) is 11.5 Å². The van der Waals surface area contributed by atoms with E-state index in [2.05, 4.69) is 15.4 Å². The molecule has 0 aromatic carbocycles. The number of amides is 3. The van der Waals surface area contributed by atoms with E-state index in [0.717, 1.165) is 0 Å². The van der Waals surface area contributed by atoms with Crippen molar-refractivity contribution in [3.05, 3.63) is 0 Å². The van der Waals surface area contributed by atoms with Crippen molar-refractivity contribution in [3.63, 3.8) is 0 Å². The second kappa shape index (κ2) is 9.99. The fourth-order valence-electron chi connectivity index (χ4n) is 1.68. The first-order valence-corrected chi connectivity index (χ1v) is 7.43. The molecule has 0 heterocycles. The van der Waals surface area contributed by atoms with Crippen molar-refractivity contribution in [1.29, 1.82) is 0 Å². The summed E-state index contributed by atoms with van der Waals surface area (Å²) >= 11 is 0. The van der Waals surface area contributed by atoms with Gasteiger partial charge in [0.05, 0.1) is 12.6 Å². The maximum absolute atomic E-state index is 12.1. The molecule has 0 aromatic heterocycles. The minimum absolute atomic E-state index is 0.0352. The second-order valence-electron chi connectivity index (χ2n) is 5.80. The van der Waals surface area contributed by atoms with E-state index in [-0.39, 0.29) is 30.4 Å². The van der Waals surface area contributed by atoms with Gasteiger partial charge in [0.2, 0.25) is 11.8 Å². The summed E-state index contributed by atoms with van der Waals surface area (Å²) in [5.74, 6) is -0.708. The topological polar surface area (TPSA) is 137 Å². The Labute approximate surface area is 131 Å². The van der Waals surface area contributed by atoms with Crippen LogP contribution in [0.5, 0.6) is 0 Å². The molecule has 8 nitrogen and oxygen atoms in total. The highest BCUT2D eigenvalue weighted by molar-refractivity contribution is 5.89. The van der Waals surface area contributed by atoms with Crippen molar-refractivity contribution in [3.8, 4) is 0 Å². The quantitative estimate of drug-likeness (QED) is 0.439. The van der Waals surface area contributed by atoms with Crippen molar-refractivity contribution >= 4 is 17.9 Å². The molecule has 6 N–H and O–H groups in total. The number of primary amides is 1. The Hall–Kier alpha value is -1.83. The zero-order valence-corrected chi connectivity index (χ0v) is 13.7. The summed E-state index contributed by atoms with van der Waals surface area (Å²) in [5.41, 5.74) is 10.6. The van der Waals surface area contributed by atoms with Gasteiger partial charge in [-0.2, -0.15) is 0 Å². The fourth-order valence-corrected chi connectivity index (χ4v) is 1.68. The summed E-state index contributed by atoms with van der Waals surface area (Å²) in [7, 11) is 0. The zero-order chi connectivity index (χ0) is 17.3. The highest BCUT2D eigenvalue weighted by Crippen LogP contribution is 2.03. The normalized spacial score (nSPS) is 13.6. The molecule has 0 rings (SSSR count). The van der Waals surface area contributed by atoms with Gasteiger partial charge >= 0.3 is 6.09 Å². The van der Waals surface area contributed by atoms with Gasteiger partial charge in [0.25, 0.3) is 0 Å². The largest absolute Gasteiger partial charge is 0.450 e. The third kappa shape index (κ3) is 8.46. The third-order valence-corrected chi connectivity index (χ3v) is 2.97. The molecule has 0 fully saturated rings. The number of hydrogen-bond acceptors (Lipinski definition) is 5. The van der Waals surface area contributed by atoms with E-state index in [0.29, 0.717) is 12.8 Å². The summed E-state index contributed by atoms with van der Waals surface area (Å²) in [6.07, 6.45) is -0.146. The molecule has 0 saturated heterocycles. The summed E-state index contributed by atoms with van der Waals surface area (Å²) in [6.45, 7) is 7.40. The molecule has 0 radical (unpaired) electrons. The maximum Gasteiger partial charge on any atom is 0.404 e. The van der Waals surface area contributed by atoms with E-state index in [1.807, 2.05) is 27.7 Å². The van der Waals surface area contributed by atoms with Crippen LogP contribution in [0.2, 0.25) is 0 Å². The lowest BCUT2D eigenvalue weighted by atomic mass is 10.0. The average molecular weight is 316 g/mol. The number of ether oxygens (including phenoxy) is 1. The molecule has 0 saturated carbocycles. The molecule has 0 bridgehead atoms. The summed E-state index contributed by atoms with van der Waals surface area (Å²) in [4.78, 5) is 34.6. The molecular weight excluding hydrogens is 288 g/mol. The Morgan fingerprint density at radius 2 is 1.64 bits per heavy atom. The second-order valence-corrected chi connectivity index (χ2v) is 5.80. The molecule has 22 heavy (non-hydrogen) atoms. The lowest BCUT2D eigenvalue weighted by Crippen LogP contribution is -2.53. The van der Waals surface area contributed by atoms with Crippen LogP contribution in [0.25, 0.3) is 0 Å². The smallest absolute Gasteiger partial charge is 0.404 e. The van der Waals surface area contributed by atoms with E-state index >= 15 is 0 Å². The molecule has 0 aliphatic heterocycles. The fraction of sp³-hybridized carbons (Fsp3) is 0.786. The first-order valence-electron chi connectivity index (χ1n) is 7.43. The predicted octanol–water partition coefficient (Wildman–Crippen LogP) is -0.145. The third-order valence-electron chi connectivity index (χ3n) is 2.97. The standard InChI is InChI=1S/C14H28N4O4/c1-8(2)11(15)13(20)18-10(12(19)17-9(3)4)6-5-7-22-14(16)21/h8-11H,5-7,15H2,1-4H3,(H2,16,21)(H,17,19)(H,18,20)/t10-,11-/m0/s1. The van der Waals surface area contributed by atoms with Crippen molar-refractivity contribution in [2.24, 2.45) is 17.4 Å². The highest BCUT2D eigenvalue weighted by Gasteiger charge is 2.25. The SMILES string of the molecule is CC(C)NC(=O)[C@H](CCCOC(N)=O)NC(=O)[C@@H](N)C(C)C. The summed E-state index contributed by atoms with van der Waals surface area (Å²) in [5, 5.41) is 5.38. The number of hydrogen-bond donors (Lipinski definition) is 4. The molecule has 0 spiro atoms. The molecule has 0 aliphatic carbocycles. The minimum Gasteiger partial charge on any atom is -0.450 e. The van der Waals surface area contributed by atoms with Crippen LogP contribution in [0, 0.1) is 5.92 Å². The van der Waals surface area contributed by atoms with Crippen LogP contribution in [0.4, 0.5) is 4.79 Å². The van der Waals surface area contributed by atoms with Gasteiger partial charge in [0.1, 0.15) is 6.04 Å². The summed E-state index contributed by atoms with van der Waals surface area (Å²) in [6, 6.07) is -1.46. The molecule has 2 atom stereocenters. The number of carbonyl (C=O) groups is 3. The van der Waals surface area contributed by atoms with Crippen LogP contribution in [0.1, 0.15) is 40.5 Å². The Kier molecular flexibility index (Phi) is 9.16. The number of rotatable bonds is 9. The van der Waals surface area contributed by atoms with Gasteiger partial charge in [-0.1, -0.05) is 13.8 Å². The van der Waals surface area contributed by atoms with Crippen LogP contribution in [-0.4, -0.2) is 42.6 Å².